The van der Waals surface area contributed by atoms with Gasteiger partial charge in [-0.15, -0.1) is 0 Å². The summed E-state index contributed by atoms with van der Waals surface area (Å²) in [4.78, 5) is 19.1. The third-order valence-corrected chi connectivity index (χ3v) is 3.61. The number of oxazole rings is 1. The Morgan fingerprint density at radius 3 is 2.79 bits per heavy atom. The smallest absolute Gasteiger partial charge is 0.313 e. The first-order valence-corrected chi connectivity index (χ1v) is 6.78. The van der Waals surface area contributed by atoms with Gasteiger partial charge in [-0.3, -0.25) is 4.79 Å². The average Bonchev–Trinajstić information content (AvgIpc) is 2.92. The molecule has 0 amide bonds. The maximum atomic E-state index is 10.6. The van der Waals surface area contributed by atoms with Crippen molar-refractivity contribution in [1.82, 2.24) is 14.5 Å². The molecule has 0 radical (unpaired) electrons. The van der Waals surface area contributed by atoms with Crippen LogP contribution in [0.25, 0.3) is 0 Å². The predicted molar refractivity (Wildman–Crippen MR) is 70.4 cm³/mol. The van der Waals surface area contributed by atoms with E-state index in [9.17, 15) is 4.79 Å². The Hall–Kier alpha value is -1.76. The number of carboxylic acid groups (broad SMARTS) is 1. The Bertz CT molecular complexity index is 591. The van der Waals surface area contributed by atoms with Crippen LogP contribution in [0.3, 0.4) is 0 Å². The van der Waals surface area contributed by atoms with Gasteiger partial charge in [0.05, 0.1) is 11.9 Å². The second kappa shape index (κ2) is 5.48. The second-order valence-electron chi connectivity index (χ2n) is 4.22. The van der Waals surface area contributed by atoms with Gasteiger partial charge >= 0.3 is 5.97 Å². The number of hydrogen-bond acceptors (Lipinski definition) is 5. The molecule has 0 saturated heterocycles. The third kappa shape index (κ3) is 2.98. The number of aliphatic carboxylic acids is 1. The summed E-state index contributed by atoms with van der Waals surface area (Å²) < 4.78 is 7.45. The van der Waals surface area contributed by atoms with Crippen LogP contribution in [-0.4, -0.2) is 31.4 Å². The van der Waals surface area contributed by atoms with E-state index in [-0.39, 0.29) is 11.8 Å². The Balaban J connectivity index is 2.27. The summed E-state index contributed by atoms with van der Waals surface area (Å²) >= 11 is 1.19. The van der Waals surface area contributed by atoms with Gasteiger partial charge < -0.3 is 14.1 Å². The van der Waals surface area contributed by atoms with Gasteiger partial charge in [-0.1, -0.05) is 11.8 Å². The van der Waals surface area contributed by atoms with E-state index < -0.39 is 5.97 Å². The van der Waals surface area contributed by atoms with Gasteiger partial charge in [-0.2, -0.15) is 0 Å². The molecule has 0 aromatic carbocycles. The molecule has 0 fully saturated rings. The molecule has 2 heterocycles. The number of carboxylic acids is 1. The maximum Gasteiger partial charge on any atom is 0.313 e. The molecule has 19 heavy (non-hydrogen) atoms. The zero-order valence-corrected chi connectivity index (χ0v) is 11.8. The monoisotopic (exact) mass is 281 g/mol. The third-order valence-electron chi connectivity index (χ3n) is 2.66. The first-order valence-electron chi connectivity index (χ1n) is 5.79. The molecule has 1 N–H and O–H groups in total. The number of hydrogen-bond donors (Lipinski definition) is 1. The van der Waals surface area contributed by atoms with Crippen LogP contribution in [0.5, 0.6) is 0 Å². The lowest BCUT2D eigenvalue weighted by Gasteiger charge is -2.14. The molecular formula is C12H15N3O3S. The fourth-order valence-corrected chi connectivity index (χ4v) is 2.62. The first kappa shape index (κ1) is 13.7. The molecule has 2 aromatic heterocycles. The summed E-state index contributed by atoms with van der Waals surface area (Å²) in [7, 11) is 0. The number of carbonyl (C=O) groups is 1. The summed E-state index contributed by atoms with van der Waals surface area (Å²) in [5.74, 6) is 0.459. The van der Waals surface area contributed by atoms with Crippen LogP contribution in [-0.2, 0) is 4.79 Å². The van der Waals surface area contributed by atoms with Crippen molar-refractivity contribution in [3.8, 4) is 0 Å². The molecule has 0 saturated carbocycles. The molecule has 2 rings (SSSR count). The van der Waals surface area contributed by atoms with Crippen molar-refractivity contribution in [3.05, 3.63) is 29.7 Å². The van der Waals surface area contributed by atoms with E-state index in [4.69, 9.17) is 9.52 Å². The topological polar surface area (TPSA) is 81.2 Å². The van der Waals surface area contributed by atoms with Gasteiger partial charge in [0.2, 0.25) is 5.89 Å². The van der Waals surface area contributed by atoms with Crippen LogP contribution in [0.4, 0.5) is 0 Å². The Labute approximate surface area is 114 Å². The Kier molecular flexibility index (Phi) is 3.94. The lowest BCUT2D eigenvalue weighted by atomic mass is 10.3. The maximum absolute atomic E-state index is 10.6. The van der Waals surface area contributed by atoms with Crippen LogP contribution >= 0.6 is 11.8 Å². The van der Waals surface area contributed by atoms with Gasteiger partial charge in [0.15, 0.2) is 5.16 Å². The van der Waals surface area contributed by atoms with Crippen molar-refractivity contribution in [2.75, 3.05) is 5.75 Å². The highest BCUT2D eigenvalue weighted by molar-refractivity contribution is 7.99. The van der Waals surface area contributed by atoms with E-state index in [2.05, 4.69) is 9.97 Å². The van der Waals surface area contributed by atoms with E-state index in [1.807, 2.05) is 25.3 Å². The SMILES string of the molecule is Cc1cnc(C(C)n2c(C)cnc2SCC(=O)O)o1. The molecule has 1 atom stereocenters. The molecule has 1 unspecified atom stereocenters. The number of aromatic nitrogens is 3. The van der Waals surface area contributed by atoms with Crippen LogP contribution in [0, 0.1) is 13.8 Å². The summed E-state index contributed by atoms with van der Waals surface area (Å²) in [6.07, 6.45) is 3.39. The largest absolute Gasteiger partial charge is 0.481 e. The van der Waals surface area contributed by atoms with Gasteiger partial charge in [-0.25, -0.2) is 9.97 Å². The summed E-state index contributed by atoms with van der Waals surface area (Å²) in [5.41, 5.74) is 0.941. The Morgan fingerprint density at radius 2 is 2.21 bits per heavy atom. The molecule has 0 bridgehead atoms. The van der Waals surface area contributed by atoms with E-state index in [0.29, 0.717) is 11.0 Å². The minimum atomic E-state index is -0.864. The van der Waals surface area contributed by atoms with Crippen molar-refractivity contribution >= 4 is 17.7 Å². The van der Waals surface area contributed by atoms with Crippen molar-refractivity contribution < 1.29 is 14.3 Å². The summed E-state index contributed by atoms with van der Waals surface area (Å²) in [6, 6.07) is -0.118. The zero-order valence-electron chi connectivity index (χ0n) is 11.0. The van der Waals surface area contributed by atoms with Crippen molar-refractivity contribution in [2.45, 2.75) is 32.0 Å². The predicted octanol–water partition coefficient (Wildman–Crippen LogP) is 2.27. The number of rotatable bonds is 5. The van der Waals surface area contributed by atoms with Crippen molar-refractivity contribution in [1.29, 1.82) is 0 Å². The molecule has 7 heteroatoms. The lowest BCUT2D eigenvalue weighted by molar-refractivity contribution is -0.133. The average molecular weight is 281 g/mol. The standard InChI is InChI=1S/C12H15N3O3S/c1-7-4-14-12(19-6-10(16)17)15(7)9(3)11-13-5-8(2)18-11/h4-5,9H,6H2,1-3H3,(H,16,17). The van der Waals surface area contributed by atoms with Gasteiger partial charge in [0.25, 0.3) is 0 Å². The van der Waals surface area contributed by atoms with E-state index in [1.54, 1.807) is 12.4 Å². The molecule has 0 aliphatic carbocycles. The minimum Gasteiger partial charge on any atom is -0.481 e. The fraction of sp³-hybridized carbons (Fsp3) is 0.417. The van der Waals surface area contributed by atoms with Gasteiger partial charge in [0.1, 0.15) is 11.8 Å². The molecular weight excluding hydrogens is 266 g/mol. The summed E-state index contributed by atoms with van der Waals surface area (Å²) in [5, 5.41) is 9.40. The summed E-state index contributed by atoms with van der Waals surface area (Å²) in [6.45, 7) is 5.71. The van der Waals surface area contributed by atoms with E-state index in [0.717, 1.165) is 11.5 Å². The molecule has 0 aliphatic heterocycles. The van der Waals surface area contributed by atoms with Gasteiger partial charge in [0, 0.05) is 11.9 Å². The zero-order chi connectivity index (χ0) is 14.0. The van der Waals surface area contributed by atoms with Crippen molar-refractivity contribution in [3.63, 3.8) is 0 Å². The van der Waals surface area contributed by atoms with Crippen LogP contribution in [0.15, 0.2) is 22.0 Å². The normalized spacial score (nSPS) is 12.6. The fourth-order valence-electron chi connectivity index (χ4n) is 1.80. The van der Waals surface area contributed by atoms with Crippen LogP contribution in [0.2, 0.25) is 0 Å². The highest BCUT2D eigenvalue weighted by Crippen LogP contribution is 2.26. The van der Waals surface area contributed by atoms with Crippen LogP contribution < -0.4 is 0 Å². The molecule has 0 spiro atoms. The number of aryl methyl sites for hydroxylation is 2. The molecule has 0 aliphatic rings. The van der Waals surface area contributed by atoms with E-state index >= 15 is 0 Å². The van der Waals surface area contributed by atoms with Gasteiger partial charge in [-0.05, 0) is 20.8 Å². The highest BCUT2D eigenvalue weighted by atomic mass is 32.2. The lowest BCUT2D eigenvalue weighted by Crippen LogP contribution is -2.11. The molecule has 2 aromatic rings. The highest BCUT2D eigenvalue weighted by Gasteiger charge is 2.19. The Morgan fingerprint density at radius 1 is 1.47 bits per heavy atom. The first-order chi connectivity index (χ1) is 8.99. The second-order valence-corrected chi connectivity index (χ2v) is 5.16. The van der Waals surface area contributed by atoms with Crippen LogP contribution in [0.1, 0.15) is 30.3 Å². The van der Waals surface area contributed by atoms with E-state index in [1.165, 1.54) is 11.8 Å². The molecule has 102 valence electrons. The quantitative estimate of drug-likeness (QED) is 0.847. The number of thioether (sulfide) groups is 1. The number of nitrogens with zero attached hydrogens (tertiary/aromatic N) is 3. The minimum absolute atomic E-state index is 0.0201. The number of imidazole rings is 1. The van der Waals surface area contributed by atoms with Crippen molar-refractivity contribution in [2.24, 2.45) is 0 Å². The molecule has 6 nitrogen and oxygen atoms in total.